The summed E-state index contributed by atoms with van der Waals surface area (Å²) < 4.78 is 5.02. The van der Waals surface area contributed by atoms with E-state index in [1.165, 1.54) is 25.1 Å². The lowest BCUT2D eigenvalue weighted by atomic mass is 10.2. The molecular weight excluding hydrogens is 332 g/mol. The van der Waals surface area contributed by atoms with Gasteiger partial charge in [-0.3, -0.25) is 4.79 Å². The van der Waals surface area contributed by atoms with Gasteiger partial charge in [0, 0.05) is 48.0 Å². The maximum absolute atomic E-state index is 12.7. The molecule has 0 spiro atoms. The predicted octanol–water partition coefficient (Wildman–Crippen LogP) is 4.12. The van der Waals surface area contributed by atoms with Crippen LogP contribution in [-0.4, -0.2) is 36.9 Å². The molecule has 0 fully saturated rings. The highest BCUT2D eigenvalue weighted by Crippen LogP contribution is 2.30. The van der Waals surface area contributed by atoms with Crippen LogP contribution in [0.2, 0.25) is 5.02 Å². The minimum atomic E-state index is -0.0891. The molecule has 2 aromatic rings. The largest absolute Gasteiger partial charge is 0.481 e. The molecule has 0 saturated carbocycles. The number of ether oxygens (including phenoxy) is 1. The van der Waals surface area contributed by atoms with Crippen LogP contribution in [0, 0.1) is 0 Å². The maximum atomic E-state index is 12.7. The molecule has 0 saturated heterocycles. The molecule has 4 nitrogen and oxygen atoms in total. The molecule has 120 valence electrons. The Labute approximate surface area is 145 Å². The van der Waals surface area contributed by atoms with Gasteiger partial charge in [-0.1, -0.05) is 23.4 Å². The number of hydrogen-bond acceptors (Lipinski definition) is 5. The van der Waals surface area contributed by atoms with E-state index in [2.05, 4.69) is 4.98 Å². The lowest BCUT2D eigenvalue weighted by molar-refractivity contribution is 0.104. The van der Waals surface area contributed by atoms with Crippen LogP contribution in [0.3, 0.4) is 0 Å². The molecule has 0 N–H and O–H groups in total. The molecule has 0 amide bonds. The first-order valence-corrected chi connectivity index (χ1v) is 8.05. The van der Waals surface area contributed by atoms with Gasteiger partial charge in [0.1, 0.15) is 0 Å². The normalized spacial score (nSPS) is 11.2. The van der Waals surface area contributed by atoms with E-state index >= 15 is 0 Å². The van der Waals surface area contributed by atoms with Crippen LogP contribution in [0.15, 0.2) is 58.6 Å². The number of thioether (sulfide) groups is 1. The van der Waals surface area contributed by atoms with Gasteiger partial charge in [0.05, 0.1) is 12.0 Å². The second-order valence-corrected chi connectivity index (χ2v) is 6.48. The first kappa shape index (κ1) is 17.4. The predicted molar refractivity (Wildman–Crippen MR) is 94.2 cm³/mol. The lowest BCUT2D eigenvalue weighted by Gasteiger charge is -2.11. The number of Topliss-reactive ketones (excluding diaryl/α,β-unsaturated/α-hetero) is 1. The lowest BCUT2D eigenvalue weighted by Crippen LogP contribution is -2.08. The Morgan fingerprint density at radius 3 is 2.43 bits per heavy atom. The van der Waals surface area contributed by atoms with Gasteiger partial charge in [-0.2, -0.15) is 0 Å². The van der Waals surface area contributed by atoms with E-state index in [-0.39, 0.29) is 5.78 Å². The molecule has 2 rings (SSSR count). The van der Waals surface area contributed by atoms with Crippen molar-refractivity contribution in [2.75, 3.05) is 21.2 Å². The number of benzene rings is 1. The average molecular weight is 349 g/mol. The molecule has 0 atom stereocenters. The number of halogens is 1. The number of hydrogen-bond donors (Lipinski definition) is 0. The third kappa shape index (κ3) is 5.01. The van der Waals surface area contributed by atoms with Crippen molar-refractivity contribution in [1.29, 1.82) is 0 Å². The minimum absolute atomic E-state index is 0.0891. The van der Waals surface area contributed by atoms with Crippen LogP contribution >= 0.6 is 23.4 Å². The fourth-order valence-electron chi connectivity index (χ4n) is 1.77. The summed E-state index contributed by atoms with van der Waals surface area (Å²) in [5.74, 6) is 0.388. The Morgan fingerprint density at radius 2 is 1.91 bits per heavy atom. The number of rotatable bonds is 6. The molecular formula is C17H17ClN2O2S. The molecule has 0 bridgehead atoms. The molecule has 1 heterocycles. The van der Waals surface area contributed by atoms with E-state index in [0.29, 0.717) is 21.4 Å². The molecule has 0 unspecified atom stereocenters. The third-order valence-corrected chi connectivity index (χ3v) is 4.12. The van der Waals surface area contributed by atoms with Gasteiger partial charge < -0.3 is 9.64 Å². The molecule has 1 aromatic heterocycles. The SMILES string of the molecule is COc1ccc(C(=O)C(=CN(C)C)Sc2ccc(Cl)cc2)cn1. The van der Waals surface area contributed by atoms with E-state index in [1.807, 2.05) is 31.1 Å². The molecule has 1 aromatic carbocycles. The highest BCUT2D eigenvalue weighted by atomic mass is 35.5. The number of aromatic nitrogens is 1. The summed E-state index contributed by atoms with van der Waals surface area (Å²) in [4.78, 5) is 20.2. The number of nitrogens with zero attached hydrogens (tertiary/aromatic N) is 2. The fraction of sp³-hybridized carbons (Fsp3) is 0.176. The van der Waals surface area contributed by atoms with Gasteiger partial charge in [-0.05, 0) is 30.3 Å². The Bertz CT molecular complexity index is 698. The minimum Gasteiger partial charge on any atom is -0.481 e. The van der Waals surface area contributed by atoms with E-state index in [0.717, 1.165) is 4.90 Å². The van der Waals surface area contributed by atoms with Crippen molar-refractivity contribution >= 4 is 29.1 Å². The number of pyridine rings is 1. The van der Waals surface area contributed by atoms with E-state index < -0.39 is 0 Å². The van der Waals surface area contributed by atoms with Crippen LogP contribution in [-0.2, 0) is 0 Å². The Kier molecular flexibility index (Phi) is 6.07. The van der Waals surface area contributed by atoms with Gasteiger partial charge in [-0.15, -0.1) is 0 Å². The number of methoxy groups -OCH3 is 1. The second kappa shape index (κ2) is 8.04. The molecule has 0 aliphatic heterocycles. The fourth-order valence-corrected chi connectivity index (χ4v) is 2.90. The first-order valence-electron chi connectivity index (χ1n) is 6.86. The Morgan fingerprint density at radius 1 is 1.22 bits per heavy atom. The van der Waals surface area contributed by atoms with Crippen molar-refractivity contribution in [3.8, 4) is 5.88 Å². The second-order valence-electron chi connectivity index (χ2n) is 4.93. The maximum Gasteiger partial charge on any atom is 0.212 e. The zero-order chi connectivity index (χ0) is 16.8. The zero-order valence-electron chi connectivity index (χ0n) is 13.1. The van der Waals surface area contributed by atoms with Gasteiger partial charge in [0.25, 0.3) is 0 Å². The van der Waals surface area contributed by atoms with Crippen molar-refractivity contribution in [2.45, 2.75) is 4.90 Å². The summed E-state index contributed by atoms with van der Waals surface area (Å²) in [5, 5.41) is 0.665. The van der Waals surface area contributed by atoms with E-state index in [4.69, 9.17) is 16.3 Å². The van der Waals surface area contributed by atoms with Crippen molar-refractivity contribution in [3.05, 3.63) is 64.3 Å². The molecule has 0 aliphatic carbocycles. The first-order chi connectivity index (χ1) is 11.0. The molecule has 6 heteroatoms. The number of carbonyl (C=O) groups is 1. The standard InChI is InChI=1S/C17H17ClN2O2S/c1-20(2)11-15(23-14-7-5-13(18)6-8-14)17(21)12-4-9-16(22-3)19-10-12/h4-11H,1-3H3. The number of carbonyl (C=O) groups excluding carboxylic acids is 1. The summed E-state index contributed by atoms with van der Waals surface area (Å²) >= 11 is 7.29. The topological polar surface area (TPSA) is 42.4 Å². The molecule has 23 heavy (non-hydrogen) atoms. The summed E-state index contributed by atoms with van der Waals surface area (Å²) in [6.07, 6.45) is 3.32. The third-order valence-electron chi connectivity index (χ3n) is 2.85. The molecule has 0 radical (unpaired) electrons. The van der Waals surface area contributed by atoms with E-state index in [1.54, 1.807) is 30.5 Å². The van der Waals surface area contributed by atoms with Crippen LogP contribution in [0.5, 0.6) is 5.88 Å². The van der Waals surface area contributed by atoms with Crippen molar-refractivity contribution in [3.63, 3.8) is 0 Å². The van der Waals surface area contributed by atoms with Crippen LogP contribution in [0.4, 0.5) is 0 Å². The van der Waals surface area contributed by atoms with Gasteiger partial charge in [0.15, 0.2) is 0 Å². The smallest absolute Gasteiger partial charge is 0.212 e. The van der Waals surface area contributed by atoms with Gasteiger partial charge in [-0.25, -0.2) is 4.98 Å². The van der Waals surface area contributed by atoms with E-state index in [9.17, 15) is 4.79 Å². The summed E-state index contributed by atoms with van der Waals surface area (Å²) in [6.45, 7) is 0. The van der Waals surface area contributed by atoms with Crippen LogP contribution in [0.25, 0.3) is 0 Å². The quantitative estimate of drug-likeness (QED) is 0.446. The zero-order valence-corrected chi connectivity index (χ0v) is 14.7. The van der Waals surface area contributed by atoms with Crippen LogP contribution in [0.1, 0.15) is 10.4 Å². The Balaban J connectivity index is 2.26. The van der Waals surface area contributed by atoms with Crippen molar-refractivity contribution < 1.29 is 9.53 Å². The number of allylic oxidation sites excluding steroid dienone is 1. The number of ketones is 1. The summed E-state index contributed by atoms with van der Waals surface area (Å²) in [5.41, 5.74) is 0.514. The monoisotopic (exact) mass is 348 g/mol. The Hall–Kier alpha value is -1.98. The van der Waals surface area contributed by atoms with Crippen molar-refractivity contribution in [1.82, 2.24) is 9.88 Å². The average Bonchev–Trinajstić information content (AvgIpc) is 2.55. The van der Waals surface area contributed by atoms with Gasteiger partial charge in [0.2, 0.25) is 11.7 Å². The van der Waals surface area contributed by atoms with Gasteiger partial charge >= 0.3 is 0 Å². The highest BCUT2D eigenvalue weighted by molar-refractivity contribution is 8.04. The molecule has 0 aliphatic rings. The van der Waals surface area contributed by atoms with Crippen LogP contribution < -0.4 is 4.74 Å². The van der Waals surface area contributed by atoms with Crippen molar-refractivity contribution in [2.24, 2.45) is 0 Å². The highest BCUT2D eigenvalue weighted by Gasteiger charge is 2.15. The summed E-state index contributed by atoms with van der Waals surface area (Å²) in [6, 6.07) is 10.8. The summed E-state index contributed by atoms with van der Waals surface area (Å²) in [7, 11) is 5.29.